The molecule has 0 aromatic heterocycles. The first kappa shape index (κ1) is 17.5. The molecule has 0 heterocycles. The highest BCUT2D eigenvalue weighted by molar-refractivity contribution is 7.89. The van der Waals surface area contributed by atoms with E-state index in [1.807, 2.05) is 0 Å². The van der Waals surface area contributed by atoms with Crippen LogP contribution in [0.2, 0.25) is 5.02 Å². The number of rotatable bonds is 6. The number of halogens is 1. The zero-order valence-corrected chi connectivity index (χ0v) is 14.0. The molecule has 122 valence electrons. The SMILES string of the molecule is CCOC(=O)c1ccc(S(=O)(=O)NCc2ccccc2Cl)cc1. The normalized spacial score (nSPS) is 11.2. The van der Waals surface area contributed by atoms with Crippen LogP contribution < -0.4 is 4.72 Å². The Morgan fingerprint density at radius 1 is 1.13 bits per heavy atom. The number of ether oxygens (including phenoxy) is 1. The molecule has 0 aliphatic rings. The third-order valence-electron chi connectivity index (χ3n) is 3.09. The summed E-state index contributed by atoms with van der Waals surface area (Å²) in [6.07, 6.45) is 0. The largest absolute Gasteiger partial charge is 0.462 e. The molecule has 0 aliphatic carbocycles. The quantitative estimate of drug-likeness (QED) is 0.810. The molecule has 5 nitrogen and oxygen atoms in total. The van der Waals surface area contributed by atoms with E-state index < -0.39 is 16.0 Å². The van der Waals surface area contributed by atoms with Crippen LogP contribution in [0.4, 0.5) is 0 Å². The smallest absolute Gasteiger partial charge is 0.338 e. The molecule has 0 fully saturated rings. The Balaban J connectivity index is 2.10. The van der Waals surface area contributed by atoms with E-state index in [1.54, 1.807) is 31.2 Å². The fraction of sp³-hybridized carbons (Fsp3) is 0.188. The van der Waals surface area contributed by atoms with Crippen molar-refractivity contribution in [3.8, 4) is 0 Å². The second kappa shape index (κ2) is 7.59. The molecule has 0 atom stereocenters. The summed E-state index contributed by atoms with van der Waals surface area (Å²) >= 11 is 6.00. The molecular formula is C16H16ClNO4S. The zero-order chi connectivity index (χ0) is 16.9. The molecule has 0 amide bonds. The first-order valence-electron chi connectivity index (χ1n) is 6.94. The number of hydrogen-bond donors (Lipinski definition) is 1. The van der Waals surface area contributed by atoms with Crippen molar-refractivity contribution in [2.45, 2.75) is 18.4 Å². The van der Waals surface area contributed by atoms with Crippen LogP contribution in [0.3, 0.4) is 0 Å². The van der Waals surface area contributed by atoms with Gasteiger partial charge in [-0.25, -0.2) is 17.9 Å². The van der Waals surface area contributed by atoms with Crippen LogP contribution >= 0.6 is 11.6 Å². The van der Waals surface area contributed by atoms with Gasteiger partial charge >= 0.3 is 5.97 Å². The Bertz CT molecular complexity index is 788. The maximum absolute atomic E-state index is 12.3. The minimum absolute atomic E-state index is 0.0672. The molecule has 1 N–H and O–H groups in total. The van der Waals surface area contributed by atoms with Gasteiger partial charge in [0.1, 0.15) is 0 Å². The lowest BCUT2D eigenvalue weighted by Gasteiger charge is -2.09. The van der Waals surface area contributed by atoms with Gasteiger partial charge < -0.3 is 4.74 Å². The van der Waals surface area contributed by atoms with Crippen molar-refractivity contribution in [2.75, 3.05) is 6.61 Å². The molecule has 0 radical (unpaired) electrons. The number of hydrogen-bond acceptors (Lipinski definition) is 4. The van der Waals surface area contributed by atoms with Gasteiger partial charge in [-0.2, -0.15) is 0 Å². The second-order valence-corrected chi connectivity index (χ2v) is 6.83. The van der Waals surface area contributed by atoms with E-state index in [9.17, 15) is 13.2 Å². The van der Waals surface area contributed by atoms with Crippen molar-refractivity contribution in [3.63, 3.8) is 0 Å². The van der Waals surface area contributed by atoms with Crippen LogP contribution in [0.25, 0.3) is 0 Å². The summed E-state index contributed by atoms with van der Waals surface area (Å²) in [6, 6.07) is 12.6. The first-order chi connectivity index (χ1) is 10.9. The monoisotopic (exact) mass is 353 g/mol. The van der Waals surface area contributed by atoms with Crippen molar-refractivity contribution in [1.82, 2.24) is 4.72 Å². The van der Waals surface area contributed by atoms with Gasteiger partial charge in [-0.15, -0.1) is 0 Å². The number of carbonyl (C=O) groups is 1. The lowest BCUT2D eigenvalue weighted by molar-refractivity contribution is 0.0526. The maximum Gasteiger partial charge on any atom is 0.338 e. The minimum Gasteiger partial charge on any atom is -0.462 e. The molecular weight excluding hydrogens is 338 g/mol. The summed E-state index contributed by atoms with van der Waals surface area (Å²) in [5, 5.41) is 0.493. The molecule has 0 saturated carbocycles. The van der Waals surface area contributed by atoms with Crippen LogP contribution in [-0.2, 0) is 21.3 Å². The average molecular weight is 354 g/mol. The Hall–Kier alpha value is -1.89. The van der Waals surface area contributed by atoms with Gasteiger partial charge in [0.15, 0.2) is 0 Å². The van der Waals surface area contributed by atoms with E-state index >= 15 is 0 Å². The molecule has 2 aromatic carbocycles. The van der Waals surface area contributed by atoms with Crippen LogP contribution in [0.1, 0.15) is 22.8 Å². The van der Waals surface area contributed by atoms with Crippen LogP contribution in [0.5, 0.6) is 0 Å². The predicted molar refractivity (Wildman–Crippen MR) is 87.9 cm³/mol. The average Bonchev–Trinajstić information content (AvgIpc) is 2.54. The second-order valence-electron chi connectivity index (χ2n) is 4.66. The topological polar surface area (TPSA) is 72.5 Å². The lowest BCUT2D eigenvalue weighted by atomic mass is 10.2. The van der Waals surface area contributed by atoms with Crippen molar-refractivity contribution in [1.29, 1.82) is 0 Å². The van der Waals surface area contributed by atoms with Gasteiger partial charge in [0, 0.05) is 11.6 Å². The molecule has 0 aliphatic heterocycles. The molecule has 0 saturated heterocycles. The van der Waals surface area contributed by atoms with E-state index in [0.29, 0.717) is 16.1 Å². The van der Waals surface area contributed by atoms with Gasteiger partial charge in [0.2, 0.25) is 10.0 Å². The van der Waals surface area contributed by atoms with Gasteiger partial charge in [-0.05, 0) is 42.8 Å². The molecule has 0 unspecified atom stereocenters. The van der Waals surface area contributed by atoms with Crippen molar-refractivity contribution in [3.05, 3.63) is 64.7 Å². The number of sulfonamides is 1. The molecule has 0 bridgehead atoms. The molecule has 0 spiro atoms. The minimum atomic E-state index is -3.69. The number of carbonyl (C=O) groups excluding carboxylic acids is 1. The van der Waals surface area contributed by atoms with Gasteiger partial charge in [-0.1, -0.05) is 29.8 Å². The highest BCUT2D eigenvalue weighted by atomic mass is 35.5. The van der Waals surface area contributed by atoms with E-state index in [1.165, 1.54) is 24.3 Å². The van der Waals surface area contributed by atoms with Crippen molar-refractivity contribution >= 4 is 27.6 Å². The zero-order valence-electron chi connectivity index (χ0n) is 12.5. The van der Waals surface area contributed by atoms with E-state index in [2.05, 4.69) is 4.72 Å². The third-order valence-corrected chi connectivity index (χ3v) is 4.87. The van der Waals surface area contributed by atoms with E-state index in [0.717, 1.165) is 0 Å². The van der Waals surface area contributed by atoms with Crippen LogP contribution in [-0.4, -0.2) is 21.0 Å². The number of nitrogens with one attached hydrogen (secondary N) is 1. The summed E-state index contributed by atoms with van der Waals surface area (Å²) in [7, 11) is -3.69. The predicted octanol–water partition coefficient (Wildman–Crippen LogP) is 3.00. The summed E-state index contributed by atoms with van der Waals surface area (Å²) in [6.45, 7) is 2.05. The lowest BCUT2D eigenvalue weighted by Crippen LogP contribution is -2.23. The summed E-state index contributed by atoms with van der Waals surface area (Å²) < 4.78 is 31.8. The highest BCUT2D eigenvalue weighted by Crippen LogP contribution is 2.16. The summed E-state index contributed by atoms with van der Waals surface area (Å²) in [5.41, 5.74) is 0.984. The van der Waals surface area contributed by atoms with Crippen molar-refractivity contribution < 1.29 is 17.9 Å². The maximum atomic E-state index is 12.3. The van der Waals surface area contributed by atoms with Gasteiger partial charge in [-0.3, -0.25) is 0 Å². The number of benzene rings is 2. The van der Waals surface area contributed by atoms with E-state index in [4.69, 9.17) is 16.3 Å². The number of esters is 1. The summed E-state index contributed by atoms with van der Waals surface area (Å²) in [4.78, 5) is 11.6. The summed E-state index contributed by atoms with van der Waals surface area (Å²) in [5.74, 6) is -0.486. The first-order valence-corrected chi connectivity index (χ1v) is 8.80. The van der Waals surface area contributed by atoms with Crippen molar-refractivity contribution in [2.24, 2.45) is 0 Å². The van der Waals surface area contributed by atoms with Crippen LogP contribution in [0, 0.1) is 0 Å². The Morgan fingerprint density at radius 3 is 2.39 bits per heavy atom. The van der Waals surface area contributed by atoms with E-state index in [-0.39, 0.29) is 18.0 Å². The molecule has 2 aromatic rings. The Morgan fingerprint density at radius 2 is 1.78 bits per heavy atom. The third kappa shape index (κ3) is 4.54. The molecule has 7 heteroatoms. The standard InChI is InChI=1S/C16H16ClNO4S/c1-2-22-16(19)12-7-9-14(10-8-12)23(20,21)18-11-13-5-3-4-6-15(13)17/h3-10,18H,2,11H2,1H3. The van der Waals surface area contributed by atoms with Crippen LogP contribution in [0.15, 0.2) is 53.4 Å². The van der Waals surface area contributed by atoms with Gasteiger partial charge in [0.25, 0.3) is 0 Å². The van der Waals surface area contributed by atoms with Gasteiger partial charge in [0.05, 0.1) is 17.1 Å². The fourth-order valence-electron chi connectivity index (χ4n) is 1.88. The molecule has 2 rings (SSSR count). The molecule has 23 heavy (non-hydrogen) atoms. The fourth-order valence-corrected chi connectivity index (χ4v) is 3.09. The Labute approximate surface area is 140 Å². The highest BCUT2D eigenvalue weighted by Gasteiger charge is 2.15. The Kier molecular flexibility index (Phi) is 5.76.